The van der Waals surface area contributed by atoms with E-state index in [1.807, 2.05) is 25.2 Å². The SMILES string of the molecule is CNC1CCc2cc(-c3cc(F)ccc3F)ccc21. The zero-order valence-corrected chi connectivity index (χ0v) is 10.7. The van der Waals surface area contributed by atoms with Gasteiger partial charge in [0.15, 0.2) is 0 Å². The quantitative estimate of drug-likeness (QED) is 0.864. The van der Waals surface area contributed by atoms with Crippen molar-refractivity contribution in [3.8, 4) is 11.1 Å². The molecule has 1 nitrogen and oxygen atoms in total. The van der Waals surface area contributed by atoms with Crippen LogP contribution in [0, 0.1) is 11.6 Å². The maximum atomic E-state index is 13.8. The summed E-state index contributed by atoms with van der Waals surface area (Å²) in [5, 5.41) is 3.27. The molecule has 0 aliphatic heterocycles. The molecule has 0 amide bonds. The maximum absolute atomic E-state index is 13.8. The van der Waals surface area contributed by atoms with E-state index < -0.39 is 5.82 Å². The number of hydrogen-bond acceptors (Lipinski definition) is 1. The summed E-state index contributed by atoms with van der Waals surface area (Å²) in [5.74, 6) is -0.797. The highest BCUT2D eigenvalue weighted by Crippen LogP contribution is 2.34. The van der Waals surface area contributed by atoms with Crippen LogP contribution in [0.1, 0.15) is 23.6 Å². The Labute approximate surface area is 111 Å². The molecule has 1 N–H and O–H groups in total. The van der Waals surface area contributed by atoms with Crippen LogP contribution < -0.4 is 5.32 Å². The predicted molar refractivity (Wildman–Crippen MR) is 71.9 cm³/mol. The van der Waals surface area contributed by atoms with E-state index in [-0.39, 0.29) is 5.82 Å². The van der Waals surface area contributed by atoms with Gasteiger partial charge in [0.1, 0.15) is 11.6 Å². The first-order valence-corrected chi connectivity index (χ1v) is 6.44. The van der Waals surface area contributed by atoms with Crippen molar-refractivity contribution in [1.29, 1.82) is 0 Å². The Morgan fingerprint density at radius 3 is 2.74 bits per heavy atom. The number of aryl methyl sites for hydroxylation is 1. The second-order valence-electron chi connectivity index (χ2n) is 4.92. The number of hydrogen-bond donors (Lipinski definition) is 1. The van der Waals surface area contributed by atoms with Gasteiger partial charge in [-0.25, -0.2) is 8.78 Å². The van der Waals surface area contributed by atoms with Crippen molar-refractivity contribution in [1.82, 2.24) is 5.32 Å². The summed E-state index contributed by atoms with van der Waals surface area (Å²) >= 11 is 0. The fourth-order valence-corrected chi connectivity index (χ4v) is 2.80. The van der Waals surface area contributed by atoms with E-state index >= 15 is 0 Å². The van der Waals surface area contributed by atoms with Crippen LogP contribution in [0.2, 0.25) is 0 Å². The van der Waals surface area contributed by atoms with Gasteiger partial charge in [-0.2, -0.15) is 0 Å². The minimum atomic E-state index is -0.412. The second kappa shape index (κ2) is 4.74. The summed E-state index contributed by atoms with van der Waals surface area (Å²) in [6, 6.07) is 9.81. The molecule has 2 aromatic carbocycles. The standard InChI is InChI=1S/C16H15F2N/c1-19-16-7-3-10-8-11(2-5-13(10)16)14-9-12(17)4-6-15(14)18/h2,4-6,8-9,16,19H,3,7H2,1H3. The van der Waals surface area contributed by atoms with E-state index in [1.54, 1.807) is 0 Å². The highest BCUT2D eigenvalue weighted by molar-refractivity contribution is 5.66. The number of rotatable bonds is 2. The highest BCUT2D eigenvalue weighted by Gasteiger charge is 2.21. The summed E-state index contributed by atoms with van der Waals surface area (Å²) in [7, 11) is 1.94. The lowest BCUT2D eigenvalue weighted by molar-refractivity contribution is 0.590. The van der Waals surface area contributed by atoms with Crippen molar-refractivity contribution in [3.63, 3.8) is 0 Å². The predicted octanol–water partition coefficient (Wildman–Crippen LogP) is 3.84. The summed E-state index contributed by atoms with van der Waals surface area (Å²) in [6.45, 7) is 0. The Kier molecular flexibility index (Phi) is 3.07. The monoisotopic (exact) mass is 259 g/mol. The van der Waals surface area contributed by atoms with E-state index in [2.05, 4.69) is 5.32 Å². The first-order chi connectivity index (χ1) is 9.19. The van der Waals surface area contributed by atoms with E-state index in [9.17, 15) is 8.78 Å². The van der Waals surface area contributed by atoms with E-state index in [1.165, 1.54) is 23.3 Å². The lowest BCUT2D eigenvalue weighted by atomic mass is 9.99. The molecular formula is C16H15F2N. The molecule has 0 aromatic heterocycles. The van der Waals surface area contributed by atoms with Crippen LogP contribution in [0.4, 0.5) is 8.78 Å². The topological polar surface area (TPSA) is 12.0 Å². The Hall–Kier alpha value is -1.74. The van der Waals surface area contributed by atoms with Gasteiger partial charge >= 0.3 is 0 Å². The van der Waals surface area contributed by atoms with E-state index in [4.69, 9.17) is 0 Å². The summed E-state index contributed by atoms with van der Waals surface area (Å²) in [5.41, 5.74) is 3.56. The lowest BCUT2D eigenvalue weighted by Crippen LogP contribution is -2.12. The van der Waals surface area contributed by atoms with E-state index in [0.717, 1.165) is 24.5 Å². The first-order valence-electron chi connectivity index (χ1n) is 6.44. The molecule has 0 spiro atoms. The third-order valence-electron chi connectivity index (χ3n) is 3.81. The third kappa shape index (κ3) is 2.15. The fourth-order valence-electron chi connectivity index (χ4n) is 2.80. The fraction of sp³-hybridized carbons (Fsp3) is 0.250. The van der Waals surface area contributed by atoms with Crippen molar-refractivity contribution in [2.24, 2.45) is 0 Å². The molecule has 19 heavy (non-hydrogen) atoms. The van der Waals surface area contributed by atoms with Crippen LogP contribution in [-0.2, 0) is 6.42 Å². The number of nitrogens with one attached hydrogen (secondary N) is 1. The Morgan fingerprint density at radius 2 is 1.95 bits per heavy atom. The van der Waals surface area contributed by atoms with Crippen molar-refractivity contribution in [3.05, 3.63) is 59.2 Å². The Morgan fingerprint density at radius 1 is 1.11 bits per heavy atom. The zero-order chi connectivity index (χ0) is 13.4. The molecule has 1 atom stereocenters. The van der Waals surface area contributed by atoms with Crippen LogP contribution >= 0.6 is 0 Å². The van der Waals surface area contributed by atoms with Crippen molar-refractivity contribution < 1.29 is 8.78 Å². The molecule has 0 heterocycles. The molecule has 3 rings (SSSR count). The largest absolute Gasteiger partial charge is 0.313 e. The van der Waals surface area contributed by atoms with Crippen molar-refractivity contribution in [2.45, 2.75) is 18.9 Å². The normalized spacial score (nSPS) is 17.5. The van der Waals surface area contributed by atoms with Gasteiger partial charge in [-0.1, -0.05) is 18.2 Å². The van der Waals surface area contributed by atoms with Crippen molar-refractivity contribution in [2.75, 3.05) is 7.05 Å². The minimum absolute atomic E-state index is 0.329. The molecule has 0 bridgehead atoms. The average Bonchev–Trinajstić information content (AvgIpc) is 2.83. The molecule has 1 aliphatic carbocycles. The number of fused-ring (bicyclic) bond motifs is 1. The molecule has 98 valence electrons. The number of halogens is 2. The van der Waals surface area contributed by atoms with Crippen LogP contribution in [-0.4, -0.2) is 7.05 Å². The number of benzene rings is 2. The molecule has 1 aliphatic rings. The Balaban J connectivity index is 2.06. The van der Waals surface area contributed by atoms with Crippen LogP contribution in [0.5, 0.6) is 0 Å². The van der Waals surface area contributed by atoms with Gasteiger partial charge in [0.2, 0.25) is 0 Å². The molecule has 0 saturated carbocycles. The Bertz CT molecular complexity index is 622. The average molecular weight is 259 g/mol. The smallest absolute Gasteiger partial charge is 0.131 e. The molecule has 0 saturated heterocycles. The van der Waals surface area contributed by atoms with Crippen LogP contribution in [0.3, 0.4) is 0 Å². The summed E-state index contributed by atoms with van der Waals surface area (Å²) in [6.07, 6.45) is 2.03. The van der Waals surface area contributed by atoms with Gasteiger partial charge in [-0.3, -0.25) is 0 Å². The van der Waals surface area contributed by atoms with Gasteiger partial charge < -0.3 is 5.32 Å². The van der Waals surface area contributed by atoms with Gasteiger partial charge in [-0.15, -0.1) is 0 Å². The lowest BCUT2D eigenvalue weighted by Gasteiger charge is -2.11. The second-order valence-corrected chi connectivity index (χ2v) is 4.92. The van der Waals surface area contributed by atoms with Crippen LogP contribution in [0.25, 0.3) is 11.1 Å². The molecule has 1 unspecified atom stereocenters. The van der Waals surface area contributed by atoms with Gasteiger partial charge in [0.25, 0.3) is 0 Å². The van der Waals surface area contributed by atoms with E-state index in [0.29, 0.717) is 11.6 Å². The van der Waals surface area contributed by atoms with Gasteiger partial charge in [0.05, 0.1) is 0 Å². The third-order valence-corrected chi connectivity index (χ3v) is 3.81. The molecule has 0 fully saturated rings. The van der Waals surface area contributed by atoms with Gasteiger partial charge in [-0.05, 0) is 54.8 Å². The molecule has 2 aromatic rings. The molecule has 3 heteroatoms. The maximum Gasteiger partial charge on any atom is 0.131 e. The molecular weight excluding hydrogens is 244 g/mol. The van der Waals surface area contributed by atoms with Gasteiger partial charge in [0, 0.05) is 11.6 Å². The first kappa shape index (κ1) is 12.3. The zero-order valence-electron chi connectivity index (χ0n) is 10.7. The molecule has 0 radical (unpaired) electrons. The van der Waals surface area contributed by atoms with Crippen LogP contribution in [0.15, 0.2) is 36.4 Å². The summed E-state index contributed by atoms with van der Waals surface area (Å²) in [4.78, 5) is 0. The minimum Gasteiger partial charge on any atom is -0.313 e. The summed E-state index contributed by atoms with van der Waals surface area (Å²) < 4.78 is 27.0. The highest BCUT2D eigenvalue weighted by atomic mass is 19.1. The van der Waals surface area contributed by atoms with Crippen molar-refractivity contribution >= 4 is 0 Å².